The number of nitrogens with two attached hydrogens (primary N) is 1. The molecule has 0 saturated carbocycles. The van der Waals surface area contributed by atoms with Gasteiger partial charge in [0.25, 0.3) is 0 Å². The highest BCUT2D eigenvalue weighted by Crippen LogP contribution is 2.19. The second-order valence-electron chi connectivity index (χ2n) is 3.37. The van der Waals surface area contributed by atoms with E-state index in [1.165, 1.54) is 10.7 Å². The van der Waals surface area contributed by atoms with E-state index >= 15 is 0 Å². The van der Waals surface area contributed by atoms with Crippen LogP contribution in [-0.4, -0.2) is 26.0 Å². The summed E-state index contributed by atoms with van der Waals surface area (Å²) in [5, 5.41) is 19.5. The zero-order valence-electron chi connectivity index (χ0n) is 8.28. The fraction of sp³-hybridized carbons (Fsp3) is 0.222. The summed E-state index contributed by atoms with van der Waals surface area (Å²) in [5.74, 6) is -0.191. The summed E-state index contributed by atoms with van der Waals surface area (Å²) in [5.41, 5.74) is 6.73. The van der Waals surface area contributed by atoms with Crippen molar-refractivity contribution >= 4 is 11.3 Å². The first-order chi connectivity index (χ1) is 7.63. The summed E-state index contributed by atoms with van der Waals surface area (Å²) in [6, 6.07) is 2.71. The number of aliphatic hydroxyl groups excluding tert-OH is 1. The van der Waals surface area contributed by atoms with E-state index < -0.39 is 11.0 Å². The smallest absolute Gasteiger partial charge is 0.389 e. The SMILES string of the molecule is NC(CO)c1ccc2c([N+](=O)[O-])ncn2c1. The molecule has 1 unspecified atom stereocenters. The van der Waals surface area contributed by atoms with Gasteiger partial charge in [-0.15, -0.1) is 0 Å². The molecule has 3 N–H and O–H groups in total. The van der Waals surface area contributed by atoms with Crippen molar-refractivity contribution in [3.05, 3.63) is 40.3 Å². The standard InChI is InChI=1S/C9H10N4O3/c10-7(4-14)6-1-2-8-9(13(15)16)11-5-12(8)3-6/h1-3,5,7,14H,4,10H2. The number of aromatic nitrogens is 2. The lowest BCUT2D eigenvalue weighted by Crippen LogP contribution is -2.14. The number of pyridine rings is 1. The molecule has 0 amide bonds. The lowest BCUT2D eigenvalue weighted by atomic mass is 10.1. The Hall–Kier alpha value is -1.99. The maximum Gasteiger partial charge on any atom is 0.389 e. The van der Waals surface area contributed by atoms with Crippen molar-refractivity contribution in [3.8, 4) is 0 Å². The van der Waals surface area contributed by atoms with Gasteiger partial charge in [0.05, 0.1) is 12.6 Å². The Balaban J connectivity index is 2.53. The van der Waals surface area contributed by atoms with Crippen LogP contribution in [0.4, 0.5) is 5.82 Å². The van der Waals surface area contributed by atoms with E-state index in [-0.39, 0.29) is 12.4 Å². The predicted octanol–water partition coefficient (Wildman–Crippen LogP) is 0.235. The van der Waals surface area contributed by atoms with Crippen molar-refractivity contribution in [2.24, 2.45) is 5.73 Å². The van der Waals surface area contributed by atoms with Gasteiger partial charge < -0.3 is 21.0 Å². The minimum absolute atomic E-state index is 0.178. The van der Waals surface area contributed by atoms with Crippen molar-refractivity contribution in [3.63, 3.8) is 0 Å². The largest absolute Gasteiger partial charge is 0.394 e. The zero-order chi connectivity index (χ0) is 11.7. The van der Waals surface area contributed by atoms with Gasteiger partial charge in [-0.2, -0.15) is 0 Å². The number of fused-ring (bicyclic) bond motifs is 1. The molecule has 0 radical (unpaired) electrons. The first-order valence-electron chi connectivity index (χ1n) is 4.61. The van der Waals surface area contributed by atoms with Crippen molar-refractivity contribution in [2.45, 2.75) is 6.04 Å². The van der Waals surface area contributed by atoms with E-state index in [0.29, 0.717) is 11.1 Å². The Labute approximate surface area is 90.3 Å². The summed E-state index contributed by atoms with van der Waals surface area (Å²) in [6.07, 6.45) is 2.97. The van der Waals surface area contributed by atoms with Gasteiger partial charge in [-0.1, -0.05) is 6.07 Å². The summed E-state index contributed by atoms with van der Waals surface area (Å²) in [7, 11) is 0. The van der Waals surface area contributed by atoms with Gasteiger partial charge in [-0.05, 0) is 21.5 Å². The number of nitro groups is 1. The monoisotopic (exact) mass is 222 g/mol. The van der Waals surface area contributed by atoms with Crippen LogP contribution in [0.25, 0.3) is 5.52 Å². The summed E-state index contributed by atoms with van der Waals surface area (Å²) in [4.78, 5) is 13.8. The van der Waals surface area contributed by atoms with E-state index in [2.05, 4.69) is 4.98 Å². The Bertz CT molecular complexity index is 537. The fourth-order valence-electron chi connectivity index (χ4n) is 1.47. The van der Waals surface area contributed by atoms with E-state index in [1.807, 2.05) is 0 Å². The quantitative estimate of drug-likeness (QED) is 0.571. The predicted molar refractivity (Wildman–Crippen MR) is 55.9 cm³/mol. The molecule has 0 aromatic carbocycles. The van der Waals surface area contributed by atoms with E-state index in [0.717, 1.165) is 0 Å². The Morgan fingerprint density at radius 2 is 2.38 bits per heavy atom. The average Bonchev–Trinajstić information content (AvgIpc) is 2.70. The lowest BCUT2D eigenvalue weighted by Gasteiger charge is -2.07. The minimum Gasteiger partial charge on any atom is -0.394 e. The third-order valence-electron chi connectivity index (χ3n) is 2.33. The molecule has 0 spiro atoms. The van der Waals surface area contributed by atoms with Crippen LogP contribution in [0.3, 0.4) is 0 Å². The molecule has 0 bridgehead atoms. The Morgan fingerprint density at radius 1 is 1.62 bits per heavy atom. The maximum atomic E-state index is 10.6. The molecular formula is C9H10N4O3. The van der Waals surface area contributed by atoms with Crippen molar-refractivity contribution < 1.29 is 10.0 Å². The lowest BCUT2D eigenvalue weighted by molar-refractivity contribution is -0.387. The molecule has 0 fully saturated rings. The van der Waals surface area contributed by atoms with Crippen LogP contribution in [0, 0.1) is 10.1 Å². The number of rotatable bonds is 3. The first-order valence-corrected chi connectivity index (χ1v) is 4.61. The molecule has 16 heavy (non-hydrogen) atoms. The molecule has 0 aliphatic heterocycles. The van der Waals surface area contributed by atoms with Crippen molar-refractivity contribution in [1.82, 2.24) is 9.38 Å². The Morgan fingerprint density at radius 3 is 3.00 bits per heavy atom. The molecular weight excluding hydrogens is 212 g/mol. The van der Waals surface area contributed by atoms with Gasteiger partial charge in [-0.25, -0.2) is 0 Å². The van der Waals surface area contributed by atoms with E-state index in [4.69, 9.17) is 10.8 Å². The minimum atomic E-state index is -0.541. The number of aliphatic hydroxyl groups is 1. The van der Waals surface area contributed by atoms with Crippen molar-refractivity contribution in [2.75, 3.05) is 6.61 Å². The molecule has 1 atom stereocenters. The normalized spacial score (nSPS) is 12.9. The van der Waals surface area contributed by atoms with Gasteiger partial charge in [-0.3, -0.25) is 4.40 Å². The van der Waals surface area contributed by atoms with Crippen LogP contribution in [0.15, 0.2) is 24.7 Å². The van der Waals surface area contributed by atoms with Crippen LogP contribution in [0.1, 0.15) is 11.6 Å². The molecule has 2 aromatic rings. The molecule has 0 aliphatic rings. The number of imidazole rings is 1. The molecule has 2 rings (SSSR count). The number of hydrogen-bond donors (Lipinski definition) is 2. The van der Waals surface area contributed by atoms with Gasteiger partial charge >= 0.3 is 5.82 Å². The highest BCUT2D eigenvalue weighted by Gasteiger charge is 2.16. The third kappa shape index (κ3) is 1.62. The van der Waals surface area contributed by atoms with E-state index in [9.17, 15) is 10.1 Å². The topological polar surface area (TPSA) is 107 Å². The van der Waals surface area contributed by atoms with Gasteiger partial charge in [0.15, 0.2) is 0 Å². The van der Waals surface area contributed by atoms with Crippen molar-refractivity contribution in [1.29, 1.82) is 0 Å². The van der Waals surface area contributed by atoms with Gasteiger partial charge in [0, 0.05) is 6.20 Å². The average molecular weight is 222 g/mol. The molecule has 0 aliphatic carbocycles. The second-order valence-corrected chi connectivity index (χ2v) is 3.37. The van der Waals surface area contributed by atoms with Gasteiger partial charge in [0.1, 0.15) is 5.52 Å². The van der Waals surface area contributed by atoms with Crippen LogP contribution < -0.4 is 5.73 Å². The number of hydrogen-bond acceptors (Lipinski definition) is 5. The molecule has 2 aromatic heterocycles. The molecule has 0 saturated heterocycles. The third-order valence-corrected chi connectivity index (χ3v) is 2.33. The summed E-state index contributed by atoms with van der Waals surface area (Å²) < 4.78 is 1.52. The number of nitrogens with zero attached hydrogens (tertiary/aromatic N) is 3. The van der Waals surface area contributed by atoms with Crippen LogP contribution in [0.2, 0.25) is 0 Å². The van der Waals surface area contributed by atoms with Gasteiger partial charge in [0.2, 0.25) is 6.33 Å². The fourth-order valence-corrected chi connectivity index (χ4v) is 1.47. The summed E-state index contributed by atoms with van der Waals surface area (Å²) >= 11 is 0. The Kier molecular flexibility index (Phi) is 2.55. The second kappa shape index (κ2) is 3.87. The molecule has 84 valence electrons. The summed E-state index contributed by atoms with van der Waals surface area (Å²) in [6.45, 7) is -0.178. The highest BCUT2D eigenvalue weighted by atomic mass is 16.6. The molecule has 7 nitrogen and oxygen atoms in total. The molecule has 2 heterocycles. The zero-order valence-corrected chi connectivity index (χ0v) is 8.28. The van der Waals surface area contributed by atoms with Crippen LogP contribution >= 0.6 is 0 Å². The van der Waals surface area contributed by atoms with Crippen LogP contribution in [0.5, 0.6) is 0 Å². The van der Waals surface area contributed by atoms with E-state index in [1.54, 1.807) is 18.3 Å². The first kappa shape index (κ1) is 10.5. The highest BCUT2D eigenvalue weighted by molar-refractivity contribution is 5.61. The molecule has 7 heteroatoms. The maximum absolute atomic E-state index is 10.6. The van der Waals surface area contributed by atoms with Crippen LogP contribution in [-0.2, 0) is 0 Å².